The Balaban J connectivity index is 0.000000196. The fraction of sp³-hybridized carbons (Fsp3) is 0.0556. The Morgan fingerprint density at radius 1 is 0.960 bits per heavy atom. The van der Waals surface area contributed by atoms with Gasteiger partial charge in [0.25, 0.3) is 5.91 Å². The molecule has 0 radical (unpaired) electrons. The molecule has 1 unspecified atom stereocenters. The lowest BCUT2D eigenvalue weighted by molar-refractivity contribution is -0.120. The van der Waals surface area contributed by atoms with Crippen molar-refractivity contribution in [1.29, 1.82) is 10.5 Å². The molecule has 3 rings (SSSR count). The Hall–Kier alpha value is -3.97. The molecule has 7 nitrogen and oxygen atoms in total. The molecule has 0 bridgehead atoms. The number of nitrogens with zero attached hydrogens (tertiary/aromatic N) is 2. The Morgan fingerprint density at radius 3 is 2.16 bits per heavy atom. The molecule has 2 N–H and O–H groups in total. The largest absolute Gasteiger partial charge is 0.322 e. The van der Waals surface area contributed by atoms with Gasteiger partial charge in [0, 0.05) is 5.56 Å². The summed E-state index contributed by atoms with van der Waals surface area (Å²) in [4.78, 5) is 32.4. The van der Waals surface area contributed by atoms with E-state index in [1.54, 1.807) is 48.5 Å². The third-order valence-corrected chi connectivity index (χ3v) is 3.28. The minimum absolute atomic E-state index is 0.393. The van der Waals surface area contributed by atoms with Crippen molar-refractivity contribution in [2.45, 2.75) is 6.04 Å². The first-order chi connectivity index (χ1) is 12.1. The summed E-state index contributed by atoms with van der Waals surface area (Å²) in [5.41, 5.74) is 2.13. The van der Waals surface area contributed by atoms with Crippen molar-refractivity contribution in [3.63, 3.8) is 0 Å². The fourth-order valence-corrected chi connectivity index (χ4v) is 2.12. The Morgan fingerprint density at radius 2 is 1.60 bits per heavy atom. The molecule has 1 heterocycles. The number of amides is 3. The molecule has 0 spiro atoms. The monoisotopic (exact) mass is 332 g/mol. The summed E-state index contributed by atoms with van der Waals surface area (Å²) in [6, 6.07) is 15.9. The summed E-state index contributed by atoms with van der Waals surface area (Å²) in [5.74, 6) is -0.393. The minimum Gasteiger partial charge on any atom is -0.322 e. The Kier molecular flexibility index (Phi) is 5.59. The van der Waals surface area contributed by atoms with Crippen LogP contribution in [-0.4, -0.2) is 18.2 Å². The SMILES string of the molecule is N#Cc1cccc(C2NC(=O)NC2=O)c1.N#Cc1cccc(C=O)c1. The molecule has 3 amide bonds. The molecule has 122 valence electrons. The van der Waals surface area contributed by atoms with Crippen molar-refractivity contribution in [2.24, 2.45) is 0 Å². The van der Waals surface area contributed by atoms with Crippen molar-refractivity contribution in [1.82, 2.24) is 10.6 Å². The molecule has 2 aromatic carbocycles. The third kappa shape index (κ3) is 4.50. The zero-order valence-electron chi connectivity index (χ0n) is 12.9. The predicted molar refractivity (Wildman–Crippen MR) is 87.1 cm³/mol. The van der Waals surface area contributed by atoms with Crippen LogP contribution in [0.3, 0.4) is 0 Å². The van der Waals surface area contributed by atoms with Gasteiger partial charge < -0.3 is 5.32 Å². The molecule has 1 fully saturated rings. The number of hydrogen-bond donors (Lipinski definition) is 2. The first kappa shape index (κ1) is 17.4. The highest BCUT2D eigenvalue weighted by Crippen LogP contribution is 2.17. The summed E-state index contributed by atoms with van der Waals surface area (Å²) >= 11 is 0. The Labute approximate surface area is 143 Å². The first-order valence-electron chi connectivity index (χ1n) is 7.14. The maximum atomic E-state index is 11.3. The van der Waals surface area contributed by atoms with Crippen LogP contribution in [0.5, 0.6) is 0 Å². The molecule has 25 heavy (non-hydrogen) atoms. The minimum atomic E-state index is -0.689. The normalized spacial score (nSPS) is 14.9. The van der Waals surface area contributed by atoms with Crippen LogP contribution in [0.1, 0.15) is 33.1 Å². The Bertz CT molecular complexity index is 909. The van der Waals surface area contributed by atoms with Crippen LogP contribution in [-0.2, 0) is 4.79 Å². The highest BCUT2D eigenvalue weighted by atomic mass is 16.2. The van der Waals surface area contributed by atoms with Gasteiger partial charge in [-0.2, -0.15) is 10.5 Å². The van der Waals surface area contributed by atoms with E-state index in [0.29, 0.717) is 22.3 Å². The number of hydrogen-bond acceptors (Lipinski definition) is 5. The smallest absolute Gasteiger partial charge is 0.322 e. The third-order valence-electron chi connectivity index (χ3n) is 3.28. The standard InChI is InChI=1S/C10H7N3O2.C8H5NO/c11-5-6-2-1-3-7(4-6)8-9(14)13-10(15)12-8;9-5-7-2-1-3-8(4-7)6-10/h1-4,8H,(H2,12,13,14,15);1-4,6H. The van der Waals surface area contributed by atoms with Gasteiger partial charge in [-0.05, 0) is 29.8 Å². The molecular weight excluding hydrogens is 320 g/mol. The molecule has 0 aromatic heterocycles. The number of urea groups is 1. The lowest BCUT2D eigenvalue weighted by Crippen LogP contribution is -2.22. The average molecular weight is 332 g/mol. The maximum absolute atomic E-state index is 11.3. The van der Waals surface area contributed by atoms with Gasteiger partial charge in [0.15, 0.2) is 0 Å². The second-order valence-corrected chi connectivity index (χ2v) is 4.99. The highest BCUT2D eigenvalue weighted by Gasteiger charge is 2.30. The predicted octanol–water partition coefficient (Wildman–Crippen LogP) is 1.81. The van der Waals surface area contributed by atoms with Crippen molar-refractivity contribution >= 4 is 18.2 Å². The number of carbonyl (C=O) groups is 3. The van der Waals surface area contributed by atoms with Gasteiger partial charge in [0.1, 0.15) is 12.3 Å². The van der Waals surface area contributed by atoms with Crippen LogP contribution in [0, 0.1) is 22.7 Å². The van der Waals surface area contributed by atoms with Gasteiger partial charge >= 0.3 is 6.03 Å². The number of rotatable bonds is 2. The number of aldehydes is 1. The van der Waals surface area contributed by atoms with Crippen LogP contribution in [0.25, 0.3) is 0 Å². The van der Waals surface area contributed by atoms with Crippen LogP contribution >= 0.6 is 0 Å². The van der Waals surface area contributed by atoms with Crippen LogP contribution in [0.4, 0.5) is 4.79 Å². The van der Waals surface area contributed by atoms with Crippen LogP contribution in [0.2, 0.25) is 0 Å². The van der Waals surface area contributed by atoms with E-state index in [2.05, 4.69) is 10.6 Å². The number of nitriles is 2. The van der Waals surface area contributed by atoms with Crippen molar-refractivity contribution < 1.29 is 14.4 Å². The van der Waals surface area contributed by atoms with E-state index < -0.39 is 18.0 Å². The van der Waals surface area contributed by atoms with Gasteiger partial charge in [0.2, 0.25) is 0 Å². The van der Waals surface area contributed by atoms with Crippen molar-refractivity contribution in [3.05, 3.63) is 70.8 Å². The highest BCUT2D eigenvalue weighted by molar-refractivity contribution is 6.04. The van der Waals surface area contributed by atoms with E-state index in [1.165, 1.54) is 0 Å². The van der Waals surface area contributed by atoms with Crippen LogP contribution < -0.4 is 10.6 Å². The zero-order valence-corrected chi connectivity index (χ0v) is 12.9. The summed E-state index contributed by atoms with van der Waals surface area (Å²) in [6.07, 6.45) is 0.723. The second kappa shape index (κ2) is 8.04. The average Bonchev–Trinajstić information content (AvgIpc) is 3.00. The molecule has 7 heteroatoms. The molecule has 1 aliphatic heterocycles. The molecule has 0 aliphatic carbocycles. The number of carbonyl (C=O) groups excluding carboxylic acids is 3. The van der Waals surface area contributed by atoms with Gasteiger partial charge in [-0.25, -0.2) is 4.79 Å². The van der Waals surface area contributed by atoms with E-state index in [4.69, 9.17) is 10.5 Å². The molecular formula is C18H12N4O3. The van der Waals surface area contributed by atoms with Gasteiger partial charge in [-0.3, -0.25) is 14.9 Å². The lowest BCUT2D eigenvalue weighted by Gasteiger charge is -2.06. The lowest BCUT2D eigenvalue weighted by atomic mass is 10.0. The molecule has 1 atom stereocenters. The number of benzene rings is 2. The fourth-order valence-electron chi connectivity index (χ4n) is 2.12. The molecule has 0 saturated carbocycles. The molecule has 1 saturated heterocycles. The summed E-state index contributed by atoms with van der Waals surface area (Å²) in [6.45, 7) is 0. The van der Waals surface area contributed by atoms with E-state index in [1.807, 2.05) is 12.1 Å². The second-order valence-electron chi connectivity index (χ2n) is 4.99. The topological polar surface area (TPSA) is 123 Å². The van der Waals surface area contributed by atoms with Gasteiger partial charge in [-0.1, -0.05) is 24.3 Å². The van der Waals surface area contributed by atoms with Gasteiger partial charge in [0.05, 0.1) is 23.3 Å². The van der Waals surface area contributed by atoms with E-state index >= 15 is 0 Å². The van der Waals surface area contributed by atoms with Crippen LogP contribution in [0.15, 0.2) is 48.5 Å². The maximum Gasteiger partial charge on any atom is 0.322 e. The summed E-state index contributed by atoms with van der Waals surface area (Å²) < 4.78 is 0. The number of nitrogens with one attached hydrogen (secondary N) is 2. The van der Waals surface area contributed by atoms with Gasteiger partial charge in [-0.15, -0.1) is 0 Å². The van der Waals surface area contributed by atoms with Crippen molar-refractivity contribution in [3.8, 4) is 12.1 Å². The molecule has 1 aliphatic rings. The molecule has 2 aromatic rings. The number of imide groups is 1. The van der Waals surface area contributed by atoms with E-state index in [9.17, 15) is 14.4 Å². The van der Waals surface area contributed by atoms with E-state index in [-0.39, 0.29) is 0 Å². The van der Waals surface area contributed by atoms with Crippen molar-refractivity contribution in [2.75, 3.05) is 0 Å². The quantitative estimate of drug-likeness (QED) is 0.641. The van der Waals surface area contributed by atoms with E-state index in [0.717, 1.165) is 6.29 Å². The summed E-state index contributed by atoms with van der Waals surface area (Å²) in [5, 5.41) is 21.7. The first-order valence-corrected chi connectivity index (χ1v) is 7.14. The zero-order chi connectivity index (χ0) is 18.2. The summed E-state index contributed by atoms with van der Waals surface area (Å²) in [7, 11) is 0.